The highest BCUT2D eigenvalue weighted by atomic mass is 16.7. The van der Waals surface area contributed by atoms with Gasteiger partial charge in [-0.3, -0.25) is 9.59 Å². The van der Waals surface area contributed by atoms with E-state index in [4.69, 9.17) is 18.9 Å². The minimum atomic E-state index is -1.59. The monoisotopic (exact) mass is 755 g/mol. The fraction of sp³-hybridized carbons (Fsp3) is 0.860. The van der Waals surface area contributed by atoms with Crippen LogP contribution in [0.15, 0.2) is 24.3 Å². The van der Waals surface area contributed by atoms with E-state index in [9.17, 15) is 30.0 Å². The zero-order valence-corrected chi connectivity index (χ0v) is 33.5. The van der Waals surface area contributed by atoms with Gasteiger partial charge in [0.25, 0.3) is 0 Å². The van der Waals surface area contributed by atoms with Crippen LogP contribution in [0.2, 0.25) is 0 Å². The molecule has 1 fully saturated rings. The average molecular weight is 755 g/mol. The van der Waals surface area contributed by atoms with Gasteiger partial charge in [-0.15, -0.1) is 0 Å². The summed E-state index contributed by atoms with van der Waals surface area (Å²) in [4.78, 5) is 25.2. The van der Waals surface area contributed by atoms with Crippen LogP contribution >= 0.6 is 0 Å². The van der Waals surface area contributed by atoms with Gasteiger partial charge in [-0.25, -0.2) is 0 Å². The van der Waals surface area contributed by atoms with E-state index in [1.807, 2.05) is 0 Å². The Morgan fingerprint density at radius 3 is 1.53 bits per heavy atom. The van der Waals surface area contributed by atoms with Crippen LogP contribution in [0, 0.1) is 0 Å². The average Bonchev–Trinajstić information content (AvgIpc) is 3.15. The molecule has 2 unspecified atom stereocenters. The topological polar surface area (TPSA) is 152 Å². The smallest absolute Gasteiger partial charge is 0.306 e. The van der Waals surface area contributed by atoms with Crippen LogP contribution in [0.4, 0.5) is 0 Å². The molecule has 0 aromatic carbocycles. The number of esters is 2. The molecule has 1 rings (SSSR count). The van der Waals surface area contributed by atoms with Gasteiger partial charge < -0.3 is 39.4 Å². The van der Waals surface area contributed by atoms with E-state index in [1.165, 1.54) is 77.0 Å². The summed E-state index contributed by atoms with van der Waals surface area (Å²) >= 11 is 0. The molecule has 10 heteroatoms. The van der Waals surface area contributed by atoms with E-state index in [1.54, 1.807) is 0 Å². The zero-order valence-electron chi connectivity index (χ0n) is 33.5. The van der Waals surface area contributed by atoms with Gasteiger partial charge in [-0.2, -0.15) is 0 Å². The van der Waals surface area contributed by atoms with Crippen molar-refractivity contribution >= 4 is 11.9 Å². The van der Waals surface area contributed by atoms with E-state index in [0.29, 0.717) is 12.8 Å². The fourth-order valence-electron chi connectivity index (χ4n) is 6.34. The summed E-state index contributed by atoms with van der Waals surface area (Å²) in [5, 5.41) is 40.0. The Morgan fingerprint density at radius 1 is 0.566 bits per heavy atom. The van der Waals surface area contributed by atoms with E-state index in [2.05, 4.69) is 38.2 Å². The highest BCUT2D eigenvalue weighted by Gasteiger charge is 2.44. The standard InChI is InChI=1S/C43H78O10/c1-3-5-7-9-11-13-15-16-17-18-19-20-22-24-26-28-30-32-39(46)52-36(35-51-43-42(49)41(48)40(47)37(33-44)53-43)34-50-38(45)31-29-27-25-23-21-14-12-10-8-6-4-2/h10,12,16-17,36-37,40-44,47-49H,3-9,11,13-15,18-35H2,1-2H3/b12-10+,17-16+/t36-,37-,40+,41?,42?,43-/m1/s1. The molecule has 0 amide bonds. The summed E-state index contributed by atoms with van der Waals surface area (Å²) in [6.07, 6.45) is 29.0. The van der Waals surface area contributed by atoms with Crippen molar-refractivity contribution in [3.05, 3.63) is 24.3 Å². The van der Waals surface area contributed by atoms with Crippen molar-refractivity contribution in [1.82, 2.24) is 0 Å². The number of aliphatic hydroxyl groups excluding tert-OH is 4. The van der Waals surface area contributed by atoms with E-state index in [-0.39, 0.29) is 32.0 Å². The van der Waals surface area contributed by atoms with Crippen molar-refractivity contribution in [1.29, 1.82) is 0 Å². The number of carbonyl (C=O) groups excluding carboxylic acids is 2. The van der Waals surface area contributed by atoms with Crippen LogP contribution in [-0.2, 0) is 28.5 Å². The molecule has 310 valence electrons. The first-order valence-electron chi connectivity index (χ1n) is 21.4. The second-order valence-corrected chi connectivity index (χ2v) is 14.8. The molecule has 4 N–H and O–H groups in total. The summed E-state index contributed by atoms with van der Waals surface area (Å²) in [6.45, 7) is 3.36. The highest BCUT2D eigenvalue weighted by Crippen LogP contribution is 2.22. The second-order valence-electron chi connectivity index (χ2n) is 14.8. The van der Waals surface area contributed by atoms with Crippen LogP contribution in [0.25, 0.3) is 0 Å². The third-order valence-corrected chi connectivity index (χ3v) is 9.81. The van der Waals surface area contributed by atoms with Crippen LogP contribution in [-0.4, -0.2) is 89.0 Å². The zero-order chi connectivity index (χ0) is 38.8. The van der Waals surface area contributed by atoms with Crippen LogP contribution in [0.3, 0.4) is 0 Å². The van der Waals surface area contributed by atoms with Gasteiger partial charge in [0.2, 0.25) is 0 Å². The molecule has 0 aromatic heterocycles. The predicted molar refractivity (Wildman–Crippen MR) is 210 cm³/mol. The number of ether oxygens (including phenoxy) is 4. The lowest BCUT2D eigenvalue weighted by molar-refractivity contribution is -0.305. The first-order chi connectivity index (χ1) is 25.8. The van der Waals surface area contributed by atoms with E-state index in [0.717, 1.165) is 64.2 Å². The quantitative estimate of drug-likeness (QED) is 0.0281. The van der Waals surface area contributed by atoms with Gasteiger partial charge in [0.05, 0.1) is 13.2 Å². The summed E-state index contributed by atoms with van der Waals surface area (Å²) in [5.74, 6) is -0.821. The van der Waals surface area contributed by atoms with Crippen LogP contribution < -0.4 is 0 Å². The Morgan fingerprint density at radius 2 is 1.02 bits per heavy atom. The minimum absolute atomic E-state index is 0.222. The molecule has 10 nitrogen and oxygen atoms in total. The number of rotatable bonds is 35. The van der Waals surface area contributed by atoms with Gasteiger partial charge in [0.1, 0.15) is 31.0 Å². The lowest BCUT2D eigenvalue weighted by Crippen LogP contribution is -2.59. The summed E-state index contributed by atoms with van der Waals surface area (Å²) < 4.78 is 22.1. The maximum absolute atomic E-state index is 12.7. The first-order valence-corrected chi connectivity index (χ1v) is 21.4. The van der Waals surface area contributed by atoms with Crippen molar-refractivity contribution in [3.63, 3.8) is 0 Å². The lowest BCUT2D eigenvalue weighted by atomic mass is 9.99. The van der Waals surface area contributed by atoms with Gasteiger partial charge in [-0.1, -0.05) is 134 Å². The van der Waals surface area contributed by atoms with Crippen LogP contribution in [0.5, 0.6) is 0 Å². The Labute approximate surface area is 322 Å². The molecule has 1 aliphatic heterocycles. The van der Waals surface area contributed by atoms with Gasteiger partial charge in [0.15, 0.2) is 12.4 Å². The maximum atomic E-state index is 12.7. The van der Waals surface area contributed by atoms with Crippen LogP contribution in [0.1, 0.15) is 181 Å². The molecule has 0 bridgehead atoms. The van der Waals surface area contributed by atoms with Crippen molar-refractivity contribution in [3.8, 4) is 0 Å². The number of allylic oxidation sites excluding steroid dienone is 4. The Balaban J connectivity index is 2.35. The van der Waals surface area contributed by atoms with E-state index < -0.39 is 49.4 Å². The summed E-state index contributed by atoms with van der Waals surface area (Å²) in [6, 6.07) is 0. The Hall–Kier alpha value is -1.82. The Bertz CT molecular complexity index is 923. The lowest BCUT2D eigenvalue weighted by Gasteiger charge is -2.39. The van der Waals surface area contributed by atoms with Gasteiger partial charge >= 0.3 is 11.9 Å². The number of hydrogen-bond acceptors (Lipinski definition) is 10. The molecule has 1 aliphatic rings. The third kappa shape index (κ3) is 26.6. The van der Waals surface area contributed by atoms with E-state index >= 15 is 0 Å². The molecule has 0 aliphatic carbocycles. The molecule has 53 heavy (non-hydrogen) atoms. The maximum Gasteiger partial charge on any atom is 0.306 e. The molecule has 1 heterocycles. The van der Waals surface area contributed by atoms with Crippen molar-refractivity contribution in [2.24, 2.45) is 0 Å². The number of carbonyl (C=O) groups is 2. The molecule has 0 saturated carbocycles. The summed E-state index contributed by atoms with van der Waals surface area (Å²) in [7, 11) is 0. The molecule has 0 aromatic rings. The fourth-order valence-corrected chi connectivity index (χ4v) is 6.34. The van der Waals surface area contributed by atoms with Crippen molar-refractivity contribution in [2.75, 3.05) is 19.8 Å². The number of hydrogen-bond donors (Lipinski definition) is 4. The molecular weight excluding hydrogens is 676 g/mol. The van der Waals surface area contributed by atoms with Gasteiger partial charge in [0, 0.05) is 12.8 Å². The number of unbranched alkanes of at least 4 members (excludes halogenated alkanes) is 20. The van der Waals surface area contributed by atoms with Crippen molar-refractivity contribution in [2.45, 2.75) is 218 Å². The molecule has 1 saturated heterocycles. The normalized spacial score (nSPS) is 21.1. The molecule has 6 atom stereocenters. The molecule has 0 spiro atoms. The first kappa shape index (κ1) is 49.2. The number of aliphatic hydroxyl groups is 4. The second kappa shape index (κ2) is 34.7. The third-order valence-electron chi connectivity index (χ3n) is 9.81. The Kier molecular flexibility index (Phi) is 32.2. The largest absolute Gasteiger partial charge is 0.462 e. The van der Waals surface area contributed by atoms with Crippen molar-refractivity contribution < 1.29 is 49.0 Å². The molecular formula is C43H78O10. The highest BCUT2D eigenvalue weighted by molar-refractivity contribution is 5.70. The minimum Gasteiger partial charge on any atom is -0.462 e. The van der Waals surface area contributed by atoms with Gasteiger partial charge in [-0.05, 0) is 57.8 Å². The summed E-state index contributed by atoms with van der Waals surface area (Å²) in [5.41, 5.74) is 0. The molecule has 0 radical (unpaired) electrons. The predicted octanol–water partition coefficient (Wildman–Crippen LogP) is 8.55. The SMILES string of the molecule is CCCC/C=C/CCCCCCCC(=O)OC[C@H](CO[C@@H]1O[C@H](CO)[C@H](O)C(O)C1O)OC(=O)CCCCCCCCC/C=C/CCCCCCCC.